The first-order valence-corrected chi connectivity index (χ1v) is 5.70. The van der Waals surface area contributed by atoms with E-state index in [-0.39, 0.29) is 23.4 Å². The SMILES string of the molecule is OB(O)c1ccc(F)c(OCc2cccc(F)c2F)c1. The van der Waals surface area contributed by atoms with Crippen molar-refractivity contribution < 1.29 is 28.0 Å². The van der Waals surface area contributed by atoms with Gasteiger partial charge in [-0.1, -0.05) is 18.2 Å². The van der Waals surface area contributed by atoms with Gasteiger partial charge in [0.05, 0.1) is 0 Å². The molecule has 0 saturated carbocycles. The summed E-state index contributed by atoms with van der Waals surface area (Å²) in [6.45, 7) is -0.383. The van der Waals surface area contributed by atoms with Crippen molar-refractivity contribution in [2.75, 3.05) is 0 Å². The van der Waals surface area contributed by atoms with E-state index < -0.39 is 24.6 Å². The first kappa shape index (κ1) is 14.4. The molecule has 0 fully saturated rings. The minimum absolute atomic E-state index is 0.0288. The van der Waals surface area contributed by atoms with Crippen LogP contribution in [-0.2, 0) is 6.61 Å². The van der Waals surface area contributed by atoms with Crippen LogP contribution >= 0.6 is 0 Å². The lowest BCUT2D eigenvalue weighted by Crippen LogP contribution is -2.29. The summed E-state index contributed by atoms with van der Waals surface area (Å²) in [5.41, 5.74) is -0.0412. The van der Waals surface area contributed by atoms with Gasteiger partial charge in [-0.05, 0) is 23.7 Å². The summed E-state index contributed by atoms with van der Waals surface area (Å²) in [5, 5.41) is 17.9. The molecule has 0 heterocycles. The molecule has 104 valence electrons. The summed E-state index contributed by atoms with van der Waals surface area (Å²) in [7, 11) is -1.77. The van der Waals surface area contributed by atoms with Crippen LogP contribution in [0, 0.1) is 17.5 Å². The topological polar surface area (TPSA) is 49.7 Å². The Morgan fingerprint density at radius 3 is 2.45 bits per heavy atom. The number of ether oxygens (including phenoxy) is 1. The quantitative estimate of drug-likeness (QED) is 0.832. The van der Waals surface area contributed by atoms with Gasteiger partial charge >= 0.3 is 7.12 Å². The van der Waals surface area contributed by atoms with Gasteiger partial charge in [0.15, 0.2) is 23.2 Å². The molecule has 2 aromatic rings. The molecule has 2 rings (SSSR count). The number of hydrogen-bond acceptors (Lipinski definition) is 3. The second kappa shape index (κ2) is 5.98. The van der Waals surface area contributed by atoms with Crippen LogP contribution in [0.5, 0.6) is 5.75 Å². The summed E-state index contributed by atoms with van der Waals surface area (Å²) in [6.07, 6.45) is 0. The molecule has 0 aliphatic carbocycles. The van der Waals surface area contributed by atoms with Gasteiger partial charge < -0.3 is 14.8 Å². The number of benzene rings is 2. The largest absolute Gasteiger partial charge is 0.488 e. The Kier molecular flexibility index (Phi) is 4.31. The summed E-state index contributed by atoms with van der Waals surface area (Å²) in [6, 6.07) is 6.82. The fourth-order valence-corrected chi connectivity index (χ4v) is 1.61. The summed E-state index contributed by atoms with van der Waals surface area (Å²) >= 11 is 0. The highest BCUT2D eigenvalue weighted by molar-refractivity contribution is 6.58. The Morgan fingerprint density at radius 2 is 1.75 bits per heavy atom. The molecule has 0 radical (unpaired) electrons. The van der Waals surface area contributed by atoms with Crippen LogP contribution in [0.2, 0.25) is 0 Å². The van der Waals surface area contributed by atoms with Crippen molar-refractivity contribution in [1.29, 1.82) is 0 Å². The molecule has 2 aromatic carbocycles. The van der Waals surface area contributed by atoms with E-state index >= 15 is 0 Å². The predicted molar refractivity (Wildman–Crippen MR) is 66.9 cm³/mol. The maximum atomic E-state index is 13.5. The van der Waals surface area contributed by atoms with E-state index in [9.17, 15) is 13.2 Å². The van der Waals surface area contributed by atoms with Crippen molar-refractivity contribution in [3.63, 3.8) is 0 Å². The molecular weight excluding hydrogens is 272 g/mol. The molecule has 0 amide bonds. The lowest BCUT2D eigenvalue weighted by atomic mass is 9.80. The van der Waals surface area contributed by atoms with Crippen molar-refractivity contribution in [2.24, 2.45) is 0 Å². The molecule has 0 atom stereocenters. The smallest absolute Gasteiger partial charge is 0.486 e. The minimum Gasteiger partial charge on any atom is -0.486 e. The fraction of sp³-hybridized carbons (Fsp3) is 0.0769. The molecule has 0 bridgehead atoms. The van der Waals surface area contributed by atoms with Crippen LogP contribution in [0.4, 0.5) is 13.2 Å². The van der Waals surface area contributed by atoms with Crippen molar-refractivity contribution in [3.8, 4) is 5.75 Å². The van der Waals surface area contributed by atoms with E-state index in [4.69, 9.17) is 14.8 Å². The summed E-state index contributed by atoms with van der Waals surface area (Å²) < 4.78 is 44.9. The maximum Gasteiger partial charge on any atom is 0.488 e. The van der Waals surface area contributed by atoms with E-state index in [0.29, 0.717) is 0 Å². The third kappa shape index (κ3) is 3.12. The van der Waals surface area contributed by atoms with Gasteiger partial charge in [-0.3, -0.25) is 0 Å². The van der Waals surface area contributed by atoms with Gasteiger partial charge in [-0.25, -0.2) is 13.2 Å². The lowest BCUT2D eigenvalue weighted by Gasteiger charge is -2.10. The molecule has 2 N–H and O–H groups in total. The average Bonchev–Trinajstić information content (AvgIpc) is 2.41. The Labute approximate surface area is 113 Å². The lowest BCUT2D eigenvalue weighted by molar-refractivity contribution is 0.282. The molecular formula is C13H10BF3O3. The van der Waals surface area contributed by atoms with Crippen LogP contribution in [0.25, 0.3) is 0 Å². The van der Waals surface area contributed by atoms with E-state index in [2.05, 4.69) is 0 Å². The van der Waals surface area contributed by atoms with Crippen LogP contribution < -0.4 is 10.2 Å². The Hall–Kier alpha value is -1.99. The number of rotatable bonds is 4. The first-order chi connectivity index (χ1) is 9.49. The minimum atomic E-state index is -1.77. The highest BCUT2D eigenvalue weighted by Gasteiger charge is 2.15. The van der Waals surface area contributed by atoms with E-state index in [1.165, 1.54) is 18.2 Å². The molecule has 0 spiro atoms. The van der Waals surface area contributed by atoms with Crippen LogP contribution in [0.1, 0.15) is 5.56 Å². The van der Waals surface area contributed by atoms with E-state index in [1.54, 1.807) is 0 Å². The normalized spacial score (nSPS) is 10.4. The molecule has 7 heteroatoms. The van der Waals surface area contributed by atoms with Gasteiger partial charge in [-0.2, -0.15) is 0 Å². The summed E-state index contributed by atoms with van der Waals surface area (Å²) in [4.78, 5) is 0. The second-order valence-corrected chi connectivity index (χ2v) is 4.07. The number of halogens is 3. The molecule has 0 aliphatic rings. The second-order valence-electron chi connectivity index (χ2n) is 4.07. The maximum absolute atomic E-state index is 13.5. The van der Waals surface area contributed by atoms with Gasteiger partial charge in [-0.15, -0.1) is 0 Å². The van der Waals surface area contributed by atoms with Crippen LogP contribution in [-0.4, -0.2) is 17.2 Å². The third-order valence-corrected chi connectivity index (χ3v) is 2.67. The molecule has 0 unspecified atom stereocenters. The summed E-state index contributed by atoms with van der Waals surface area (Å²) in [5.74, 6) is -3.11. The zero-order valence-electron chi connectivity index (χ0n) is 10.2. The highest BCUT2D eigenvalue weighted by Crippen LogP contribution is 2.18. The van der Waals surface area contributed by atoms with Gasteiger partial charge in [0.25, 0.3) is 0 Å². The Balaban J connectivity index is 2.18. The van der Waals surface area contributed by atoms with Crippen molar-refractivity contribution in [2.45, 2.75) is 6.61 Å². The van der Waals surface area contributed by atoms with Crippen molar-refractivity contribution in [3.05, 3.63) is 59.4 Å². The van der Waals surface area contributed by atoms with Gasteiger partial charge in [0.1, 0.15) is 6.61 Å². The van der Waals surface area contributed by atoms with Crippen molar-refractivity contribution in [1.82, 2.24) is 0 Å². The third-order valence-electron chi connectivity index (χ3n) is 2.67. The van der Waals surface area contributed by atoms with Gasteiger partial charge in [0.2, 0.25) is 0 Å². The Morgan fingerprint density at radius 1 is 1.00 bits per heavy atom. The van der Waals surface area contributed by atoms with Crippen molar-refractivity contribution >= 4 is 12.6 Å². The van der Waals surface area contributed by atoms with Crippen LogP contribution in [0.15, 0.2) is 36.4 Å². The van der Waals surface area contributed by atoms with E-state index in [0.717, 1.165) is 18.2 Å². The monoisotopic (exact) mass is 282 g/mol. The first-order valence-electron chi connectivity index (χ1n) is 5.70. The van der Waals surface area contributed by atoms with Gasteiger partial charge in [0, 0.05) is 5.56 Å². The standard InChI is InChI=1S/C13H10BF3O3/c15-10-5-4-9(14(18)19)6-12(10)20-7-8-2-1-3-11(16)13(8)17/h1-6,18-19H,7H2. The highest BCUT2D eigenvalue weighted by atomic mass is 19.2. The molecule has 0 aromatic heterocycles. The Bertz CT molecular complexity index is 620. The molecule has 3 nitrogen and oxygen atoms in total. The molecule has 0 saturated heterocycles. The number of hydrogen-bond donors (Lipinski definition) is 2. The zero-order valence-corrected chi connectivity index (χ0v) is 10.2. The molecule has 20 heavy (non-hydrogen) atoms. The zero-order chi connectivity index (χ0) is 14.7. The van der Waals surface area contributed by atoms with Crippen LogP contribution in [0.3, 0.4) is 0 Å². The fourth-order valence-electron chi connectivity index (χ4n) is 1.61. The predicted octanol–water partition coefficient (Wildman–Crippen LogP) is 1.36. The van der Waals surface area contributed by atoms with E-state index in [1.807, 2.05) is 0 Å². The molecule has 0 aliphatic heterocycles. The average molecular weight is 282 g/mol.